The fraction of sp³-hybridized carbons (Fsp3) is 0.133. The molecule has 0 amide bonds. The quantitative estimate of drug-likeness (QED) is 0.582. The van der Waals surface area contributed by atoms with Crippen LogP contribution in [0.1, 0.15) is 12.5 Å². The Kier molecular flexibility index (Phi) is 16.8. The molecular formula is C15H18VY-2. The molecule has 1 rings (SSSR count). The molecule has 0 unspecified atom stereocenters. The summed E-state index contributed by atoms with van der Waals surface area (Å²) in [6, 6.07) is 11.0. The minimum atomic E-state index is 0. The third kappa shape index (κ3) is 11.1. The smallest absolute Gasteiger partial charge is 0 e. The maximum atomic E-state index is 5.84. The van der Waals surface area contributed by atoms with Crippen molar-refractivity contribution in [2.24, 2.45) is 0 Å². The molecule has 0 saturated carbocycles. The summed E-state index contributed by atoms with van der Waals surface area (Å²) in [5.41, 5.74) is 1.98. The van der Waals surface area contributed by atoms with Gasteiger partial charge in [-0.1, -0.05) is 0 Å². The Morgan fingerprint density at radius 2 is 2.00 bits per heavy atom. The SMILES string of the molecule is [CH-]=C(C=C[C](C)=[V+2])Cc1[c-]cccc1.[CH3-].[CH3-].[Y]. The largest absolute Gasteiger partial charge is 0.358 e. The fourth-order valence-corrected chi connectivity index (χ4v) is 1.16. The van der Waals surface area contributed by atoms with Gasteiger partial charge in [0, 0.05) is 32.7 Å². The van der Waals surface area contributed by atoms with E-state index in [0.29, 0.717) is 0 Å². The Morgan fingerprint density at radius 1 is 1.35 bits per heavy atom. The zero-order valence-electron chi connectivity index (χ0n) is 10.8. The van der Waals surface area contributed by atoms with Gasteiger partial charge in [0.05, 0.1) is 0 Å². The number of hydrogen-bond acceptors (Lipinski definition) is 0. The average Bonchev–Trinajstić information content (AvgIpc) is 2.16. The second-order valence-electron chi connectivity index (χ2n) is 3.11. The Labute approximate surface area is 141 Å². The number of allylic oxidation sites excluding steroid dienone is 3. The summed E-state index contributed by atoms with van der Waals surface area (Å²) in [7, 11) is 0. The summed E-state index contributed by atoms with van der Waals surface area (Å²) in [6.45, 7) is 7.87. The standard InChI is InChI=1S/C13H12.2CH3.V.Y/c1-3-4-8-12(2)11-13-9-6-5-7-10-13;;;;/h2,4-9H,11H2,1H3;2*1H3;;/q-2;2*-1;+2;. The number of benzene rings is 1. The first-order valence-corrected chi connectivity index (χ1v) is 5.16. The van der Waals surface area contributed by atoms with Gasteiger partial charge in [-0.3, -0.25) is 0 Å². The molecule has 2 heteroatoms. The third-order valence-corrected chi connectivity index (χ3v) is 1.94. The van der Waals surface area contributed by atoms with E-state index in [4.69, 9.17) is 6.58 Å². The molecule has 0 atom stereocenters. The first kappa shape index (κ1) is 22.4. The van der Waals surface area contributed by atoms with Gasteiger partial charge >= 0.3 is 94.7 Å². The summed E-state index contributed by atoms with van der Waals surface area (Å²) in [5.74, 6) is 0. The minimum absolute atomic E-state index is 0. The second kappa shape index (κ2) is 12.7. The van der Waals surface area contributed by atoms with Crippen molar-refractivity contribution < 1.29 is 49.7 Å². The summed E-state index contributed by atoms with van der Waals surface area (Å²) in [5, 5.41) is 0. The Balaban J connectivity index is -0.000000653. The van der Waals surface area contributed by atoms with Gasteiger partial charge in [-0.05, 0) is 0 Å². The maximum absolute atomic E-state index is 5.84. The Hall–Kier alpha value is 0.258. The van der Waals surface area contributed by atoms with E-state index in [1.807, 2.05) is 43.3 Å². The van der Waals surface area contributed by atoms with Crippen LogP contribution in [0.2, 0.25) is 0 Å². The molecule has 0 aliphatic heterocycles. The molecular weight excluding hydrogens is 320 g/mol. The van der Waals surface area contributed by atoms with Crippen LogP contribution in [0.15, 0.2) is 42.0 Å². The molecule has 0 aromatic heterocycles. The molecule has 0 nitrogen and oxygen atoms in total. The van der Waals surface area contributed by atoms with E-state index >= 15 is 0 Å². The molecule has 1 aromatic carbocycles. The maximum Gasteiger partial charge on any atom is 0 e. The van der Waals surface area contributed by atoms with Gasteiger partial charge < -0.3 is 14.9 Å². The van der Waals surface area contributed by atoms with Crippen LogP contribution < -0.4 is 0 Å². The van der Waals surface area contributed by atoms with Crippen molar-refractivity contribution in [3.8, 4) is 0 Å². The van der Waals surface area contributed by atoms with Crippen LogP contribution >= 0.6 is 0 Å². The van der Waals surface area contributed by atoms with Gasteiger partial charge in [0.25, 0.3) is 0 Å². The number of rotatable bonds is 4. The molecule has 0 saturated heterocycles. The van der Waals surface area contributed by atoms with Crippen LogP contribution in [0.4, 0.5) is 0 Å². The van der Waals surface area contributed by atoms with E-state index in [9.17, 15) is 0 Å². The van der Waals surface area contributed by atoms with Crippen molar-refractivity contribution in [2.45, 2.75) is 13.3 Å². The summed E-state index contributed by atoms with van der Waals surface area (Å²) < 4.78 is 1.19. The minimum Gasteiger partial charge on any atom is -0.358 e. The predicted octanol–water partition coefficient (Wildman–Crippen LogP) is 3.58. The molecule has 1 aromatic rings. The summed E-state index contributed by atoms with van der Waals surface area (Å²) >= 11 is 2.48. The molecule has 0 fully saturated rings. The van der Waals surface area contributed by atoms with E-state index < -0.39 is 0 Å². The van der Waals surface area contributed by atoms with Crippen LogP contribution in [0.3, 0.4) is 0 Å². The molecule has 0 aliphatic carbocycles. The van der Waals surface area contributed by atoms with Crippen LogP contribution in [0, 0.1) is 27.5 Å². The van der Waals surface area contributed by atoms with Gasteiger partial charge in [-0.25, -0.2) is 0 Å². The molecule has 88 valence electrons. The van der Waals surface area contributed by atoms with E-state index in [0.717, 1.165) is 17.6 Å². The molecule has 17 heavy (non-hydrogen) atoms. The third-order valence-electron chi connectivity index (χ3n) is 1.71. The van der Waals surface area contributed by atoms with Gasteiger partial charge in [-0.2, -0.15) is 0 Å². The number of hydrogen-bond donors (Lipinski definition) is 0. The molecule has 1 radical (unpaired) electrons. The van der Waals surface area contributed by atoms with Gasteiger partial charge in [-0.15, -0.1) is 0 Å². The van der Waals surface area contributed by atoms with Crippen molar-refractivity contribution in [1.82, 2.24) is 0 Å². The van der Waals surface area contributed by atoms with E-state index in [2.05, 4.69) is 23.0 Å². The van der Waals surface area contributed by atoms with Crippen molar-refractivity contribution in [1.29, 1.82) is 0 Å². The summed E-state index contributed by atoms with van der Waals surface area (Å²) in [4.78, 5) is 0. The van der Waals surface area contributed by atoms with Crippen molar-refractivity contribution >= 4 is 4.23 Å². The van der Waals surface area contributed by atoms with Gasteiger partial charge in [0.15, 0.2) is 0 Å². The predicted molar refractivity (Wildman–Crippen MR) is 69.4 cm³/mol. The van der Waals surface area contributed by atoms with E-state index in [-0.39, 0.29) is 47.6 Å². The first-order chi connectivity index (χ1) is 6.68. The average molecular weight is 338 g/mol. The zero-order chi connectivity index (χ0) is 10.4. The zero-order valence-corrected chi connectivity index (χ0v) is 15.0. The van der Waals surface area contributed by atoms with Crippen molar-refractivity contribution in [3.63, 3.8) is 0 Å². The molecule has 0 bridgehead atoms. The fourth-order valence-electron chi connectivity index (χ4n) is 1.05. The molecule has 0 N–H and O–H groups in total. The molecule has 0 heterocycles. The normalized spacial score (nSPS) is 8.65. The van der Waals surface area contributed by atoms with E-state index in [1.54, 1.807) is 0 Å². The van der Waals surface area contributed by atoms with Crippen molar-refractivity contribution in [3.05, 3.63) is 75.1 Å². The Bertz CT molecular complexity index is 352. The van der Waals surface area contributed by atoms with Crippen LogP contribution in [0.25, 0.3) is 0 Å². The molecule has 0 aliphatic rings. The first-order valence-electron chi connectivity index (χ1n) is 4.46. The van der Waals surface area contributed by atoms with Crippen LogP contribution in [0.5, 0.6) is 0 Å². The van der Waals surface area contributed by atoms with Gasteiger partial charge in [0.1, 0.15) is 0 Å². The van der Waals surface area contributed by atoms with Gasteiger partial charge in [0.2, 0.25) is 0 Å². The molecule has 0 spiro atoms. The van der Waals surface area contributed by atoms with E-state index in [1.165, 1.54) is 4.23 Å². The monoisotopic (exact) mass is 338 g/mol. The topological polar surface area (TPSA) is 0 Å². The summed E-state index contributed by atoms with van der Waals surface area (Å²) in [6.07, 6.45) is 4.70. The van der Waals surface area contributed by atoms with Crippen molar-refractivity contribution in [2.75, 3.05) is 0 Å². The van der Waals surface area contributed by atoms with Crippen LogP contribution in [-0.2, 0) is 56.1 Å². The van der Waals surface area contributed by atoms with Crippen LogP contribution in [-0.4, -0.2) is 4.23 Å². The second-order valence-corrected chi connectivity index (χ2v) is 4.22. The Morgan fingerprint density at radius 3 is 2.47 bits per heavy atom.